The molecule has 0 fully saturated rings. The number of nitrogens with one attached hydrogen (secondary N) is 1. The van der Waals surface area contributed by atoms with Gasteiger partial charge in [-0.3, -0.25) is 4.79 Å². The second-order valence-corrected chi connectivity index (χ2v) is 5.94. The number of ketones is 1. The third kappa shape index (κ3) is 4.65. The van der Waals surface area contributed by atoms with Crippen molar-refractivity contribution in [3.63, 3.8) is 0 Å². The summed E-state index contributed by atoms with van der Waals surface area (Å²) in [5, 5.41) is 2.81. The Morgan fingerprint density at radius 1 is 1.04 bits per heavy atom. The highest BCUT2D eigenvalue weighted by molar-refractivity contribution is 5.96. The first-order chi connectivity index (χ1) is 11.4. The van der Waals surface area contributed by atoms with Gasteiger partial charge in [0.2, 0.25) is 0 Å². The summed E-state index contributed by atoms with van der Waals surface area (Å²) in [4.78, 5) is 25.9. The van der Waals surface area contributed by atoms with Gasteiger partial charge in [0.25, 0.3) is 0 Å². The van der Waals surface area contributed by atoms with Gasteiger partial charge in [-0.1, -0.05) is 42.0 Å². The molecule has 24 heavy (non-hydrogen) atoms. The van der Waals surface area contributed by atoms with E-state index in [0.29, 0.717) is 11.1 Å². The molecule has 2 aromatic carbocycles. The Hall–Kier alpha value is -2.69. The Kier molecular flexibility index (Phi) is 5.68. The molecule has 0 saturated carbocycles. The number of Topliss-reactive ketones (excluding diaryl/α,β-unsaturated/α-hetero) is 1. The molecule has 2 amide bonds. The number of urea groups is 1. The lowest BCUT2D eigenvalue weighted by molar-refractivity contribution is 0.0969. The third-order valence-electron chi connectivity index (χ3n) is 3.74. The fourth-order valence-corrected chi connectivity index (χ4v) is 2.27. The van der Waals surface area contributed by atoms with Crippen LogP contribution >= 0.6 is 0 Å². The van der Waals surface area contributed by atoms with E-state index >= 15 is 0 Å². The van der Waals surface area contributed by atoms with Crippen molar-refractivity contribution < 1.29 is 14.0 Å². The first kappa shape index (κ1) is 17.7. The van der Waals surface area contributed by atoms with Crippen LogP contribution < -0.4 is 5.32 Å². The fourth-order valence-electron chi connectivity index (χ4n) is 2.27. The summed E-state index contributed by atoms with van der Waals surface area (Å²) >= 11 is 0. The highest BCUT2D eigenvalue weighted by Crippen LogP contribution is 2.20. The molecule has 0 spiro atoms. The van der Waals surface area contributed by atoms with Gasteiger partial charge in [-0.2, -0.15) is 0 Å². The largest absolute Gasteiger partial charge is 0.331 e. The minimum Gasteiger partial charge on any atom is -0.331 e. The molecular weight excluding hydrogens is 307 g/mol. The molecule has 0 aliphatic heterocycles. The average Bonchev–Trinajstić information content (AvgIpc) is 2.55. The summed E-state index contributed by atoms with van der Waals surface area (Å²) in [6, 6.07) is 12.3. The first-order valence-electron chi connectivity index (χ1n) is 7.70. The van der Waals surface area contributed by atoms with Gasteiger partial charge in [-0.05, 0) is 24.6 Å². The number of nitrogens with zero attached hydrogens (tertiary/aromatic N) is 1. The van der Waals surface area contributed by atoms with Crippen molar-refractivity contribution in [2.24, 2.45) is 0 Å². The SMILES string of the molecule is Cc1ccc(C(=O)CC(NC(=O)N(C)C)c2ccc(F)cc2)cc1. The topological polar surface area (TPSA) is 49.4 Å². The van der Waals surface area contributed by atoms with Gasteiger partial charge < -0.3 is 10.2 Å². The van der Waals surface area contributed by atoms with E-state index in [4.69, 9.17) is 0 Å². The monoisotopic (exact) mass is 328 g/mol. The van der Waals surface area contributed by atoms with E-state index < -0.39 is 6.04 Å². The highest BCUT2D eigenvalue weighted by Gasteiger charge is 2.20. The number of hydrogen-bond donors (Lipinski definition) is 1. The summed E-state index contributed by atoms with van der Waals surface area (Å²) in [6.07, 6.45) is 0.105. The predicted octanol–water partition coefficient (Wildman–Crippen LogP) is 3.72. The van der Waals surface area contributed by atoms with Crippen molar-refractivity contribution in [3.8, 4) is 0 Å². The molecule has 2 aromatic rings. The molecule has 0 radical (unpaired) electrons. The standard InChI is InChI=1S/C19H21FN2O2/c1-13-4-6-15(7-5-13)18(23)12-17(21-19(24)22(2)3)14-8-10-16(20)11-9-14/h4-11,17H,12H2,1-3H3,(H,21,24). The quantitative estimate of drug-likeness (QED) is 0.851. The molecule has 1 unspecified atom stereocenters. The second-order valence-electron chi connectivity index (χ2n) is 5.94. The summed E-state index contributed by atoms with van der Waals surface area (Å²) in [5.41, 5.74) is 2.35. The van der Waals surface area contributed by atoms with Crippen molar-refractivity contribution in [2.75, 3.05) is 14.1 Å². The molecule has 0 aromatic heterocycles. The van der Waals surface area contributed by atoms with Gasteiger partial charge in [-0.25, -0.2) is 9.18 Å². The van der Waals surface area contributed by atoms with Crippen molar-refractivity contribution in [3.05, 3.63) is 71.0 Å². The number of aryl methyl sites for hydroxylation is 1. The van der Waals surface area contributed by atoms with Crippen LogP contribution in [0.5, 0.6) is 0 Å². The van der Waals surface area contributed by atoms with E-state index in [-0.39, 0.29) is 24.1 Å². The maximum Gasteiger partial charge on any atom is 0.317 e. The lowest BCUT2D eigenvalue weighted by atomic mass is 9.97. The van der Waals surface area contributed by atoms with E-state index in [2.05, 4.69) is 5.32 Å². The predicted molar refractivity (Wildman–Crippen MR) is 91.5 cm³/mol. The van der Waals surface area contributed by atoms with E-state index in [1.165, 1.54) is 17.0 Å². The van der Waals surface area contributed by atoms with Gasteiger partial charge in [0.05, 0.1) is 6.04 Å². The minimum absolute atomic E-state index is 0.0802. The number of carbonyl (C=O) groups is 2. The number of hydrogen-bond acceptors (Lipinski definition) is 2. The average molecular weight is 328 g/mol. The zero-order chi connectivity index (χ0) is 17.7. The van der Waals surface area contributed by atoms with Crippen LogP contribution in [-0.4, -0.2) is 30.8 Å². The normalized spacial score (nSPS) is 11.7. The molecule has 0 heterocycles. The van der Waals surface area contributed by atoms with Crippen molar-refractivity contribution in [2.45, 2.75) is 19.4 Å². The van der Waals surface area contributed by atoms with Crippen LogP contribution in [-0.2, 0) is 0 Å². The van der Waals surface area contributed by atoms with Gasteiger partial charge in [-0.15, -0.1) is 0 Å². The Bertz CT molecular complexity index is 709. The van der Waals surface area contributed by atoms with Crippen molar-refractivity contribution >= 4 is 11.8 Å². The maximum atomic E-state index is 13.1. The molecular formula is C19H21FN2O2. The van der Waals surface area contributed by atoms with Crippen LogP contribution in [0.25, 0.3) is 0 Å². The van der Waals surface area contributed by atoms with Crippen LogP contribution in [0.2, 0.25) is 0 Å². The minimum atomic E-state index is -0.519. The van der Waals surface area contributed by atoms with E-state index in [0.717, 1.165) is 5.56 Å². The molecule has 0 aliphatic carbocycles. The fraction of sp³-hybridized carbons (Fsp3) is 0.263. The third-order valence-corrected chi connectivity index (χ3v) is 3.74. The number of carbonyl (C=O) groups excluding carboxylic acids is 2. The molecule has 4 nitrogen and oxygen atoms in total. The molecule has 1 N–H and O–H groups in total. The summed E-state index contributed by atoms with van der Waals surface area (Å²) in [5.74, 6) is -0.440. The molecule has 0 aliphatic rings. The Balaban J connectivity index is 2.21. The first-order valence-corrected chi connectivity index (χ1v) is 7.70. The lowest BCUT2D eigenvalue weighted by Crippen LogP contribution is -2.38. The number of rotatable bonds is 5. The van der Waals surface area contributed by atoms with Gasteiger partial charge >= 0.3 is 6.03 Å². The van der Waals surface area contributed by atoms with Gasteiger partial charge in [0.1, 0.15) is 5.82 Å². The zero-order valence-electron chi connectivity index (χ0n) is 14.0. The Morgan fingerprint density at radius 2 is 1.62 bits per heavy atom. The van der Waals surface area contributed by atoms with Gasteiger partial charge in [0.15, 0.2) is 5.78 Å². The van der Waals surface area contributed by atoms with Crippen LogP contribution in [0.4, 0.5) is 9.18 Å². The summed E-state index contributed by atoms with van der Waals surface area (Å²) in [7, 11) is 3.25. The Labute approximate surface area is 141 Å². The van der Waals surface area contributed by atoms with Crippen LogP contribution in [0.15, 0.2) is 48.5 Å². The van der Waals surface area contributed by atoms with Crippen LogP contribution in [0.3, 0.4) is 0 Å². The van der Waals surface area contributed by atoms with E-state index in [1.807, 2.05) is 19.1 Å². The second kappa shape index (κ2) is 7.73. The maximum absolute atomic E-state index is 13.1. The van der Waals surface area contributed by atoms with E-state index in [9.17, 15) is 14.0 Å². The zero-order valence-corrected chi connectivity index (χ0v) is 14.0. The summed E-state index contributed by atoms with van der Waals surface area (Å²) < 4.78 is 13.1. The van der Waals surface area contributed by atoms with Crippen LogP contribution in [0.1, 0.15) is 33.9 Å². The molecule has 1 atom stereocenters. The molecule has 0 bridgehead atoms. The number of halogens is 1. The lowest BCUT2D eigenvalue weighted by Gasteiger charge is -2.21. The number of amides is 2. The van der Waals surface area contributed by atoms with Gasteiger partial charge in [0, 0.05) is 26.1 Å². The molecule has 126 valence electrons. The van der Waals surface area contributed by atoms with Crippen molar-refractivity contribution in [1.82, 2.24) is 10.2 Å². The van der Waals surface area contributed by atoms with Crippen LogP contribution in [0, 0.1) is 12.7 Å². The molecule has 5 heteroatoms. The molecule has 2 rings (SSSR count). The smallest absolute Gasteiger partial charge is 0.317 e. The van der Waals surface area contributed by atoms with Crippen molar-refractivity contribution in [1.29, 1.82) is 0 Å². The Morgan fingerprint density at radius 3 is 2.17 bits per heavy atom. The molecule has 0 saturated heterocycles. The van der Waals surface area contributed by atoms with E-state index in [1.54, 1.807) is 38.4 Å². The highest BCUT2D eigenvalue weighted by atomic mass is 19.1. The summed E-state index contributed by atoms with van der Waals surface area (Å²) in [6.45, 7) is 1.95. The number of benzene rings is 2.